The van der Waals surface area contributed by atoms with Crippen LogP contribution < -0.4 is 5.46 Å². The molecule has 0 heterocycles. The predicted octanol–water partition coefficient (Wildman–Crippen LogP) is 7.31. The van der Waals surface area contributed by atoms with Gasteiger partial charge in [0, 0.05) is 0 Å². The van der Waals surface area contributed by atoms with Gasteiger partial charge < -0.3 is 10.0 Å². The lowest BCUT2D eigenvalue weighted by atomic mass is 9.72. The Hall–Kier alpha value is -4.44. The zero-order chi connectivity index (χ0) is 24.9. The fourth-order valence-corrected chi connectivity index (χ4v) is 5.93. The molecule has 0 aliphatic rings. The summed E-state index contributed by atoms with van der Waals surface area (Å²) in [4.78, 5) is 0. The van der Waals surface area contributed by atoms with Crippen molar-refractivity contribution in [2.75, 3.05) is 0 Å². The van der Waals surface area contributed by atoms with E-state index in [9.17, 15) is 10.0 Å². The van der Waals surface area contributed by atoms with Gasteiger partial charge in [-0.05, 0) is 70.8 Å². The van der Waals surface area contributed by atoms with E-state index >= 15 is 0 Å². The van der Waals surface area contributed by atoms with Crippen LogP contribution in [0.4, 0.5) is 0 Å². The third-order valence-corrected chi connectivity index (χ3v) is 7.48. The van der Waals surface area contributed by atoms with Gasteiger partial charge in [0.05, 0.1) is 0 Å². The number of fused-ring (bicyclic) bond motifs is 4. The summed E-state index contributed by atoms with van der Waals surface area (Å²) in [6.07, 6.45) is 0. The van der Waals surface area contributed by atoms with E-state index in [4.69, 9.17) is 0 Å². The van der Waals surface area contributed by atoms with E-state index in [0.717, 1.165) is 54.6 Å². The van der Waals surface area contributed by atoms with Crippen molar-refractivity contribution in [1.29, 1.82) is 0 Å². The number of hydrogen-bond donors (Lipinski definition) is 2. The Kier molecular flexibility index (Phi) is 5.07. The van der Waals surface area contributed by atoms with E-state index in [1.54, 1.807) is 0 Å². The Labute approximate surface area is 215 Å². The van der Waals surface area contributed by atoms with Crippen LogP contribution in [0.1, 0.15) is 0 Å². The van der Waals surface area contributed by atoms with E-state index in [1.807, 2.05) is 12.1 Å². The minimum atomic E-state index is -1.60. The van der Waals surface area contributed by atoms with Crippen LogP contribution in [0.25, 0.3) is 65.3 Å². The molecule has 0 aliphatic carbocycles. The van der Waals surface area contributed by atoms with Crippen LogP contribution in [0.2, 0.25) is 0 Å². The van der Waals surface area contributed by atoms with Gasteiger partial charge >= 0.3 is 7.12 Å². The van der Waals surface area contributed by atoms with E-state index in [1.165, 1.54) is 10.8 Å². The number of benzene rings is 7. The summed E-state index contributed by atoms with van der Waals surface area (Å²) in [5, 5.41) is 29.9. The summed E-state index contributed by atoms with van der Waals surface area (Å²) < 4.78 is 0. The highest BCUT2D eigenvalue weighted by atomic mass is 16.4. The highest BCUT2D eigenvalue weighted by molar-refractivity contribution is 6.63. The van der Waals surface area contributed by atoms with E-state index in [-0.39, 0.29) is 0 Å². The minimum Gasteiger partial charge on any atom is -0.423 e. The zero-order valence-electron chi connectivity index (χ0n) is 20.1. The second-order valence-corrected chi connectivity index (χ2v) is 9.49. The quantitative estimate of drug-likeness (QED) is 0.208. The first-order chi connectivity index (χ1) is 18.2. The lowest BCUT2D eigenvalue weighted by Gasteiger charge is -2.21. The fraction of sp³-hybridized carbons (Fsp3) is 0. The van der Waals surface area contributed by atoms with Gasteiger partial charge in [0.2, 0.25) is 0 Å². The maximum absolute atomic E-state index is 10.6. The third kappa shape index (κ3) is 3.36. The van der Waals surface area contributed by atoms with Crippen LogP contribution in [0, 0.1) is 0 Å². The molecule has 0 bridgehead atoms. The molecular weight excluding hydrogens is 451 g/mol. The highest BCUT2D eigenvalue weighted by Gasteiger charge is 2.24. The first kappa shape index (κ1) is 21.8. The molecule has 7 aromatic carbocycles. The standard InChI is InChI=1S/C34H23BO2/c36-35(37)31-21-9-20-30-32(26-18-7-12-22-10-1-3-14-24(22)26)28-16-5-6-17-29(28)33(34(30)31)27-19-8-13-23-11-2-4-15-25(23)27/h1-21,36-37H. The summed E-state index contributed by atoms with van der Waals surface area (Å²) in [5.41, 5.74) is 4.85. The Bertz CT molecular complexity index is 1960. The first-order valence-electron chi connectivity index (χ1n) is 12.5. The molecule has 174 valence electrons. The van der Waals surface area contributed by atoms with E-state index in [0.29, 0.717) is 5.46 Å². The largest absolute Gasteiger partial charge is 0.489 e. The highest BCUT2D eigenvalue weighted by Crippen LogP contribution is 2.46. The predicted molar refractivity (Wildman–Crippen MR) is 157 cm³/mol. The second-order valence-electron chi connectivity index (χ2n) is 9.49. The van der Waals surface area contributed by atoms with Crippen LogP contribution in [-0.2, 0) is 0 Å². The SMILES string of the molecule is OB(O)c1cccc2c(-c3cccc4ccccc34)c3ccccc3c(-c3cccc4ccccc34)c12. The topological polar surface area (TPSA) is 40.5 Å². The van der Waals surface area contributed by atoms with Crippen LogP contribution in [0.5, 0.6) is 0 Å². The Morgan fingerprint density at radius 1 is 0.378 bits per heavy atom. The maximum atomic E-state index is 10.6. The normalized spacial score (nSPS) is 11.5. The Balaban J connectivity index is 1.75. The van der Waals surface area contributed by atoms with Crippen molar-refractivity contribution in [2.24, 2.45) is 0 Å². The molecular formula is C34H23BO2. The molecule has 0 aromatic heterocycles. The minimum absolute atomic E-state index is 0.507. The van der Waals surface area contributed by atoms with E-state index in [2.05, 4.69) is 115 Å². The maximum Gasteiger partial charge on any atom is 0.489 e. The molecule has 7 rings (SSSR count). The molecule has 0 radical (unpaired) electrons. The van der Waals surface area contributed by atoms with Gasteiger partial charge in [-0.1, -0.05) is 127 Å². The molecule has 37 heavy (non-hydrogen) atoms. The smallest absolute Gasteiger partial charge is 0.423 e. The third-order valence-electron chi connectivity index (χ3n) is 7.48. The van der Waals surface area contributed by atoms with Gasteiger partial charge in [-0.15, -0.1) is 0 Å². The summed E-state index contributed by atoms with van der Waals surface area (Å²) >= 11 is 0. The van der Waals surface area contributed by atoms with Crippen molar-refractivity contribution in [3.63, 3.8) is 0 Å². The molecule has 3 heteroatoms. The summed E-state index contributed by atoms with van der Waals surface area (Å²) in [5.74, 6) is 0. The molecule has 7 aromatic rings. The van der Waals surface area contributed by atoms with Crippen molar-refractivity contribution in [3.05, 3.63) is 127 Å². The molecule has 0 spiro atoms. The van der Waals surface area contributed by atoms with Crippen LogP contribution >= 0.6 is 0 Å². The van der Waals surface area contributed by atoms with Crippen molar-refractivity contribution in [1.82, 2.24) is 0 Å². The molecule has 2 nitrogen and oxygen atoms in total. The van der Waals surface area contributed by atoms with Gasteiger partial charge in [-0.25, -0.2) is 0 Å². The Morgan fingerprint density at radius 2 is 0.811 bits per heavy atom. The van der Waals surface area contributed by atoms with Gasteiger partial charge in [0.25, 0.3) is 0 Å². The fourth-order valence-electron chi connectivity index (χ4n) is 5.93. The summed E-state index contributed by atoms with van der Waals surface area (Å²) in [7, 11) is -1.60. The molecule has 0 saturated carbocycles. The van der Waals surface area contributed by atoms with Gasteiger partial charge in [-0.3, -0.25) is 0 Å². The number of hydrogen-bond acceptors (Lipinski definition) is 2. The van der Waals surface area contributed by atoms with Crippen LogP contribution in [-0.4, -0.2) is 17.2 Å². The average molecular weight is 474 g/mol. The molecule has 0 saturated heterocycles. The van der Waals surface area contributed by atoms with Gasteiger partial charge in [-0.2, -0.15) is 0 Å². The lowest BCUT2D eigenvalue weighted by Crippen LogP contribution is -2.30. The molecule has 0 unspecified atom stereocenters. The molecule has 0 atom stereocenters. The van der Waals surface area contributed by atoms with Crippen molar-refractivity contribution in [3.8, 4) is 22.3 Å². The van der Waals surface area contributed by atoms with Crippen molar-refractivity contribution in [2.45, 2.75) is 0 Å². The van der Waals surface area contributed by atoms with Gasteiger partial charge in [0.15, 0.2) is 0 Å². The van der Waals surface area contributed by atoms with E-state index < -0.39 is 7.12 Å². The molecule has 2 N–H and O–H groups in total. The first-order valence-corrected chi connectivity index (χ1v) is 12.5. The van der Waals surface area contributed by atoms with Crippen molar-refractivity contribution < 1.29 is 10.0 Å². The second kappa shape index (κ2) is 8.60. The van der Waals surface area contributed by atoms with Crippen LogP contribution in [0.15, 0.2) is 127 Å². The monoisotopic (exact) mass is 474 g/mol. The molecule has 0 aliphatic heterocycles. The lowest BCUT2D eigenvalue weighted by molar-refractivity contribution is 0.426. The zero-order valence-corrected chi connectivity index (χ0v) is 20.1. The van der Waals surface area contributed by atoms with Gasteiger partial charge in [0.1, 0.15) is 0 Å². The summed E-state index contributed by atoms with van der Waals surface area (Å²) in [6.45, 7) is 0. The summed E-state index contributed by atoms with van der Waals surface area (Å²) in [6, 6.07) is 43.9. The van der Waals surface area contributed by atoms with Crippen LogP contribution in [0.3, 0.4) is 0 Å². The van der Waals surface area contributed by atoms with Crippen molar-refractivity contribution >= 4 is 55.7 Å². The Morgan fingerprint density at radius 3 is 1.41 bits per heavy atom. The number of rotatable bonds is 3. The molecule has 0 amide bonds. The average Bonchev–Trinajstić information content (AvgIpc) is 2.95. The molecule has 0 fully saturated rings.